The summed E-state index contributed by atoms with van der Waals surface area (Å²) in [6, 6.07) is 1.40. The summed E-state index contributed by atoms with van der Waals surface area (Å²) < 4.78 is 0. The van der Waals surface area contributed by atoms with E-state index in [0.29, 0.717) is 6.42 Å². The van der Waals surface area contributed by atoms with E-state index in [1.54, 1.807) is 11.3 Å². The lowest BCUT2D eigenvalue weighted by molar-refractivity contribution is -0.135. The van der Waals surface area contributed by atoms with Gasteiger partial charge >= 0.3 is 6.03 Å². The molecule has 1 aromatic heterocycles. The van der Waals surface area contributed by atoms with Crippen LogP contribution in [0.1, 0.15) is 37.1 Å². The smallest absolute Gasteiger partial charge is 0.325 e. The largest absolute Gasteiger partial charge is 0.352 e. The highest BCUT2D eigenvalue weighted by molar-refractivity contribution is 7.10. The number of aryl methyl sites for hydroxylation is 1. The Morgan fingerprint density at radius 3 is 3.00 bits per heavy atom. The second-order valence-electron chi connectivity index (χ2n) is 6.06. The number of nitrogens with one attached hydrogen (secondary N) is 2. The van der Waals surface area contributed by atoms with Crippen LogP contribution in [0.4, 0.5) is 4.79 Å². The molecular formula is C15H19N3O3S. The Morgan fingerprint density at radius 2 is 2.27 bits per heavy atom. The Balaban J connectivity index is 1.85. The number of hydrogen-bond acceptors (Lipinski definition) is 4. The third-order valence-electron chi connectivity index (χ3n) is 4.09. The van der Waals surface area contributed by atoms with Gasteiger partial charge in [0.1, 0.15) is 12.1 Å². The third-order valence-corrected chi connectivity index (χ3v) is 5.07. The Morgan fingerprint density at radius 1 is 1.50 bits per heavy atom. The number of thiophene rings is 1. The third kappa shape index (κ3) is 2.29. The van der Waals surface area contributed by atoms with Gasteiger partial charge in [-0.1, -0.05) is 0 Å². The molecule has 22 heavy (non-hydrogen) atoms. The zero-order chi connectivity index (χ0) is 15.9. The first kappa shape index (κ1) is 15.0. The lowest BCUT2D eigenvalue weighted by Crippen LogP contribution is -2.47. The van der Waals surface area contributed by atoms with Gasteiger partial charge in [-0.05, 0) is 44.6 Å². The summed E-state index contributed by atoms with van der Waals surface area (Å²) in [5.74, 6) is -0.632. The second-order valence-corrected chi connectivity index (χ2v) is 7.06. The van der Waals surface area contributed by atoms with Gasteiger partial charge in [-0.25, -0.2) is 4.79 Å². The van der Waals surface area contributed by atoms with Crippen LogP contribution in [0.25, 0.3) is 0 Å². The highest BCUT2D eigenvalue weighted by atomic mass is 32.1. The molecule has 6 nitrogen and oxygen atoms in total. The number of rotatable bonds is 3. The van der Waals surface area contributed by atoms with Gasteiger partial charge in [0.05, 0.1) is 0 Å². The Hall–Kier alpha value is -1.89. The van der Waals surface area contributed by atoms with Crippen molar-refractivity contribution in [2.24, 2.45) is 0 Å². The Kier molecular flexibility index (Phi) is 3.68. The number of fused-ring (bicyclic) bond motifs is 2. The van der Waals surface area contributed by atoms with Crippen molar-refractivity contribution in [1.29, 1.82) is 0 Å². The predicted octanol–water partition coefficient (Wildman–Crippen LogP) is 1.36. The molecule has 2 aliphatic rings. The van der Waals surface area contributed by atoms with Crippen molar-refractivity contribution in [3.63, 3.8) is 0 Å². The number of imide groups is 1. The van der Waals surface area contributed by atoms with Crippen molar-refractivity contribution < 1.29 is 14.4 Å². The van der Waals surface area contributed by atoms with Crippen LogP contribution >= 0.6 is 11.3 Å². The van der Waals surface area contributed by atoms with E-state index in [2.05, 4.69) is 10.6 Å². The molecule has 0 aromatic carbocycles. The van der Waals surface area contributed by atoms with Gasteiger partial charge in [-0.15, -0.1) is 11.3 Å². The van der Waals surface area contributed by atoms with Crippen LogP contribution in [0, 0.1) is 0 Å². The molecule has 0 saturated carbocycles. The minimum Gasteiger partial charge on any atom is -0.352 e. The van der Waals surface area contributed by atoms with E-state index in [1.165, 1.54) is 0 Å². The monoisotopic (exact) mass is 321 g/mol. The lowest BCUT2D eigenvalue weighted by atomic mass is 9.80. The maximum absolute atomic E-state index is 12.8. The molecule has 1 atom stereocenters. The Labute approximate surface area is 132 Å². The molecule has 118 valence electrons. The molecule has 1 aliphatic heterocycles. The van der Waals surface area contributed by atoms with Crippen LogP contribution in [0.3, 0.4) is 0 Å². The van der Waals surface area contributed by atoms with E-state index >= 15 is 0 Å². The molecule has 1 saturated heterocycles. The predicted molar refractivity (Wildman–Crippen MR) is 82.5 cm³/mol. The summed E-state index contributed by atoms with van der Waals surface area (Å²) in [6.45, 7) is 3.44. The zero-order valence-electron chi connectivity index (χ0n) is 12.6. The van der Waals surface area contributed by atoms with Crippen molar-refractivity contribution in [1.82, 2.24) is 15.5 Å². The molecular weight excluding hydrogens is 302 g/mol. The van der Waals surface area contributed by atoms with Gasteiger partial charge < -0.3 is 10.6 Å². The first-order chi connectivity index (χ1) is 10.4. The van der Waals surface area contributed by atoms with Crippen LogP contribution in [0.15, 0.2) is 11.4 Å². The molecule has 4 amide bonds. The molecule has 1 fully saturated rings. The summed E-state index contributed by atoms with van der Waals surface area (Å²) in [7, 11) is 0. The first-order valence-electron chi connectivity index (χ1n) is 7.44. The number of amides is 4. The molecule has 2 heterocycles. The van der Waals surface area contributed by atoms with Gasteiger partial charge in [0.25, 0.3) is 5.91 Å². The van der Waals surface area contributed by atoms with Gasteiger partial charge in [-0.3, -0.25) is 14.5 Å². The second kappa shape index (κ2) is 5.39. The highest BCUT2D eigenvalue weighted by Crippen LogP contribution is 2.41. The molecule has 1 spiro atoms. The van der Waals surface area contributed by atoms with Gasteiger partial charge in [0, 0.05) is 16.5 Å². The summed E-state index contributed by atoms with van der Waals surface area (Å²) in [5, 5.41) is 7.49. The van der Waals surface area contributed by atoms with E-state index < -0.39 is 11.6 Å². The molecule has 1 aromatic rings. The van der Waals surface area contributed by atoms with Crippen LogP contribution in [0.2, 0.25) is 0 Å². The molecule has 2 N–H and O–H groups in total. The molecule has 7 heteroatoms. The number of carbonyl (C=O) groups excluding carboxylic acids is 3. The molecule has 0 radical (unpaired) electrons. The van der Waals surface area contributed by atoms with Crippen molar-refractivity contribution in [2.75, 3.05) is 6.54 Å². The van der Waals surface area contributed by atoms with Crippen LogP contribution in [-0.4, -0.2) is 35.3 Å². The van der Waals surface area contributed by atoms with Crippen LogP contribution in [-0.2, 0) is 21.5 Å². The molecule has 0 bridgehead atoms. The topological polar surface area (TPSA) is 78.5 Å². The zero-order valence-corrected chi connectivity index (χ0v) is 13.5. The molecule has 1 aliphatic carbocycles. The first-order valence-corrected chi connectivity index (χ1v) is 8.32. The van der Waals surface area contributed by atoms with Crippen molar-refractivity contribution >= 4 is 29.2 Å². The van der Waals surface area contributed by atoms with E-state index in [0.717, 1.165) is 28.2 Å². The minimum absolute atomic E-state index is 0.0274. The summed E-state index contributed by atoms with van der Waals surface area (Å²) in [5.41, 5.74) is -0.0724. The van der Waals surface area contributed by atoms with Gasteiger partial charge in [0.15, 0.2) is 0 Å². The molecule has 0 unspecified atom stereocenters. The summed E-state index contributed by atoms with van der Waals surface area (Å²) >= 11 is 1.61. The van der Waals surface area contributed by atoms with Crippen LogP contribution in [0.5, 0.6) is 0 Å². The number of carbonyl (C=O) groups is 3. The maximum Gasteiger partial charge on any atom is 0.325 e. The number of nitrogens with zero attached hydrogens (tertiary/aromatic N) is 1. The Bertz CT molecular complexity index is 640. The number of hydrogen-bond donors (Lipinski definition) is 2. The SMILES string of the molecule is CC(C)NC(=O)CN1C(=O)N[C@]2(CCCc3sccc32)C1=O. The lowest BCUT2D eigenvalue weighted by Gasteiger charge is -2.31. The van der Waals surface area contributed by atoms with E-state index in [1.807, 2.05) is 25.3 Å². The van der Waals surface area contributed by atoms with E-state index in [4.69, 9.17) is 0 Å². The average Bonchev–Trinajstić information content (AvgIpc) is 2.99. The number of urea groups is 1. The highest BCUT2D eigenvalue weighted by Gasteiger charge is 2.54. The summed E-state index contributed by atoms with van der Waals surface area (Å²) in [6.07, 6.45) is 2.38. The van der Waals surface area contributed by atoms with Crippen LogP contribution < -0.4 is 10.6 Å². The fraction of sp³-hybridized carbons (Fsp3) is 0.533. The summed E-state index contributed by atoms with van der Waals surface area (Å²) in [4.78, 5) is 39.1. The minimum atomic E-state index is -0.969. The van der Waals surface area contributed by atoms with E-state index in [-0.39, 0.29) is 24.4 Å². The fourth-order valence-electron chi connectivity index (χ4n) is 3.20. The van der Waals surface area contributed by atoms with E-state index in [9.17, 15) is 14.4 Å². The van der Waals surface area contributed by atoms with Gasteiger partial charge in [-0.2, -0.15) is 0 Å². The van der Waals surface area contributed by atoms with Crippen molar-refractivity contribution in [2.45, 2.75) is 44.7 Å². The average molecular weight is 321 g/mol. The normalized spacial score (nSPS) is 23.9. The fourth-order valence-corrected chi connectivity index (χ4v) is 4.20. The van der Waals surface area contributed by atoms with Crippen molar-refractivity contribution in [3.8, 4) is 0 Å². The standard InChI is InChI=1S/C15H19N3O3S/c1-9(2)16-12(19)8-18-13(20)15(17-14(18)21)6-3-4-11-10(15)5-7-22-11/h5,7,9H,3-4,6,8H2,1-2H3,(H,16,19)(H,17,21)/t15-/m0/s1. The van der Waals surface area contributed by atoms with Gasteiger partial charge in [0.2, 0.25) is 5.91 Å². The quantitative estimate of drug-likeness (QED) is 0.825. The van der Waals surface area contributed by atoms with Crippen molar-refractivity contribution in [3.05, 3.63) is 21.9 Å². The molecule has 3 rings (SSSR count). The maximum atomic E-state index is 12.8.